The van der Waals surface area contributed by atoms with Crippen molar-refractivity contribution in [1.82, 2.24) is 4.72 Å². The Kier molecular flexibility index (Phi) is 6.41. The SMILES string of the molecule is CNS(=O)(=O)c1cc(C(=O)OCC(=O)c2c(C)cc(C)cc2C)ccc1Cl. The van der Waals surface area contributed by atoms with Crippen LogP contribution >= 0.6 is 11.6 Å². The Hall–Kier alpha value is -2.22. The number of hydrogen-bond donors (Lipinski definition) is 1. The zero-order valence-electron chi connectivity index (χ0n) is 15.4. The molecule has 0 saturated heterocycles. The molecule has 144 valence electrons. The quantitative estimate of drug-likeness (QED) is 0.584. The van der Waals surface area contributed by atoms with Crippen molar-refractivity contribution in [3.63, 3.8) is 0 Å². The van der Waals surface area contributed by atoms with Crippen LogP contribution in [0.2, 0.25) is 5.02 Å². The second-order valence-electron chi connectivity index (χ2n) is 6.13. The lowest BCUT2D eigenvalue weighted by molar-refractivity contribution is 0.0474. The minimum atomic E-state index is -3.83. The van der Waals surface area contributed by atoms with E-state index >= 15 is 0 Å². The molecule has 0 amide bonds. The normalized spacial score (nSPS) is 11.3. The molecule has 0 aromatic heterocycles. The lowest BCUT2D eigenvalue weighted by Gasteiger charge is -2.11. The van der Waals surface area contributed by atoms with Crippen molar-refractivity contribution in [3.8, 4) is 0 Å². The fourth-order valence-corrected chi connectivity index (χ4v) is 4.10. The molecule has 0 aliphatic carbocycles. The molecule has 0 saturated carbocycles. The van der Waals surface area contributed by atoms with Crippen molar-refractivity contribution >= 4 is 33.4 Å². The number of benzene rings is 2. The first-order valence-corrected chi connectivity index (χ1v) is 9.94. The van der Waals surface area contributed by atoms with E-state index in [0.717, 1.165) is 22.8 Å². The Labute approximate surface area is 163 Å². The molecule has 6 nitrogen and oxygen atoms in total. The van der Waals surface area contributed by atoms with Gasteiger partial charge in [0.2, 0.25) is 15.8 Å². The van der Waals surface area contributed by atoms with Crippen molar-refractivity contribution in [1.29, 1.82) is 0 Å². The summed E-state index contributed by atoms with van der Waals surface area (Å²) in [6.07, 6.45) is 0. The first-order chi connectivity index (χ1) is 12.6. The van der Waals surface area contributed by atoms with E-state index in [2.05, 4.69) is 4.72 Å². The number of carbonyl (C=O) groups is 2. The van der Waals surface area contributed by atoms with E-state index in [1.807, 2.05) is 32.9 Å². The van der Waals surface area contributed by atoms with Crippen molar-refractivity contribution in [2.75, 3.05) is 13.7 Å². The average Bonchev–Trinajstić information content (AvgIpc) is 2.59. The number of nitrogens with one attached hydrogen (secondary N) is 1. The summed E-state index contributed by atoms with van der Waals surface area (Å²) in [6, 6.07) is 7.51. The van der Waals surface area contributed by atoms with Crippen LogP contribution in [0.4, 0.5) is 0 Å². The number of ketones is 1. The summed E-state index contributed by atoms with van der Waals surface area (Å²) in [4.78, 5) is 24.5. The molecule has 2 aromatic carbocycles. The number of Topliss-reactive ketones (excluding diaryl/α,β-unsaturated/α-hetero) is 1. The standard InChI is InChI=1S/C19H20ClNO5S/c1-11-7-12(2)18(13(3)8-11)16(22)10-26-19(23)14-5-6-15(20)17(9-14)27(24,25)21-4/h5-9,21H,10H2,1-4H3. The highest BCUT2D eigenvalue weighted by molar-refractivity contribution is 7.89. The molecule has 0 spiro atoms. The van der Waals surface area contributed by atoms with Crippen LogP contribution in [0.5, 0.6) is 0 Å². The Balaban J connectivity index is 2.20. The minimum Gasteiger partial charge on any atom is -0.454 e. The number of hydrogen-bond acceptors (Lipinski definition) is 5. The van der Waals surface area contributed by atoms with E-state index in [9.17, 15) is 18.0 Å². The largest absolute Gasteiger partial charge is 0.454 e. The van der Waals surface area contributed by atoms with E-state index < -0.39 is 22.6 Å². The monoisotopic (exact) mass is 409 g/mol. The third-order valence-corrected chi connectivity index (χ3v) is 5.91. The highest BCUT2D eigenvalue weighted by Gasteiger charge is 2.20. The molecule has 27 heavy (non-hydrogen) atoms. The van der Waals surface area contributed by atoms with Gasteiger partial charge in [-0.2, -0.15) is 0 Å². The number of ether oxygens (including phenoxy) is 1. The number of halogens is 1. The van der Waals surface area contributed by atoms with Crippen LogP contribution in [-0.2, 0) is 14.8 Å². The van der Waals surface area contributed by atoms with Crippen LogP contribution in [0.3, 0.4) is 0 Å². The van der Waals surface area contributed by atoms with Gasteiger partial charge in [-0.15, -0.1) is 0 Å². The molecule has 0 aliphatic rings. The highest BCUT2D eigenvalue weighted by Crippen LogP contribution is 2.23. The number of sulfonamides is 1. The molecular weight excluding hydrogens is 390 g/mol. The molecule has 0 heterocycles. The van der Waals surface area contributed by atoms with E-state index in [1.165, 1.54) is 19.2 Å². The van der Waals surface area contributed by atoms with Crippen molar-refractivity contribution < 1.29 is 22.7 Å². The molecule has 2 aromatic rings. The number of rotatable bonds is 6. The zero-order chi connectivity index (χ0) is 20.4. The van der Waals surface area contributed by atoms with Gasteiger partial charge >= 0.3 is 5.97 Å². The maximum atomic E-state index is 12.5. The molecule has 0 atom stereocenters. The first-order valence-electron chi connectivity index (χ1n) is 8.08. The first kappa shape index (κ1) is 21.1. The van der Waals surface area contributed by atoms with Gasteiger partial charge in [-0.3, -0.25) is 4.79 Å². The Bertz CT molecular complexity index is 992. The van der Waals surface area contributed by atoms with Crippen LogP contribution in [-0.4, -0.2) is 33.8 Å². The Morgan fingerprint density at radius 2 is 1.67 bits per heavy atom. The summed E-state index contributed by atoms with van der Waals surface area (Å²) in [6.45, 7) is 5.14. The Morgan fingerprint density at radius 1 is 1.07 bits per heavy atom. The van der Waals surface area contributed by atoms with Gasteiger partial charge in [-0.1, -0.05) is 29.3 Å². The van der Waals surface area contributed by atoms with Gasteiger partial charge in [0.1, 0.15) is 4.90 Å². The molecule has 2 rings (SSSR count). The second kappa shape index (κ2) is 8.21. The fraction of sp³-hybridized carbons (Fsp3) is 0.263. The van der Waals surface area contributed by atoms with Gasteiger partial charge in [0.05, 0.1) is 10.6 Å². The molecule has 0 unspecified atom stereocenters. The van der Waals surface area contributed by atoms with Gasteiger partial charge in [-0.05, 0) is 57.1 Å². The van der Waals surface area contributed by atoms with E-state index in [0.29, 0.717) is 5.56 Å². The lowest BCUT2D eigenvalue weighted by Crippen LogP contribution is -2.20. The van der Waals surface area contributed by atoms with Crippen molar-refractivity contribution in [2.45, 2.75) is 25.7 Å². The summed E-state index contributed by atoms with van der Waals surface area (Å²) < 4.78 is 31.1. The van der Waals surface area contributed by atoms with E-state index in [4.69, 9.17) is 16.3 Å². The van der Waals surface area contributed by atoms with Crippen molar-refractivity contribution in [3.05, 3.63) is 63.2 Å². The van der Waals surface area contributed by atoms with E-state index in [-0.39, 0.29) is 21.3 Å². The van der Waals surface area contributed by atoms with Crippen LogP contribution < -0.4 is 4.72 Å². The van der Waals surface area contributed by atoms with Gasteiger partial charge in [0.15, 0.2) is 6.61 Å². The third kappa shape index (κ3) is 4.74. The molecular formula is C19H20ClNO5S. The fourth-order valence-electron chi connectivity index (χ4n) is 2.85. The van der Waals surface area contributed by atoms with E-state index in [1.54, 1.807) is 0 Å². The predicted molar refractivity (Wildman–Crippen MR) is 103 cm³/mol. The maximum absolute atomic E-state index is 12.5. The number of esters is 1. The van der Waals surface area contributed by atoms with Crippen LogP contribution in [0.25, 0.3) is 0 Å². The molecule has 1 N–H and O–H groups in total. The van der Waals surface area contributed by atoms with Crippen LogP contribution in [0.1, 0.15) is 37.4 Å². The average molecular weight is 410 g/mol. The molecule has 8 heteroatoms. The minimum absolute atomic E-state index is 0.0154. The maximum Gasteiger partial charge on any atom is 0.338 e. The highest BCUT2D eigenvalue weighted by atomic mass is 35.5. The summed E-state index contributed by atoms with van der Waals surface area (Å²) >= 11 is 5.89. The zero-order valence-corrected chi connectivity index (χ0v) is 17.0. The van der Waals surface area contributed by atoms with Gasteiger partial charge < -0.3 is 4.74 Å². The van der Waals surface area contributed by atoms with Gasteiger partial charge in [-0.25, -0.2) is 17.9 Å². The third-order valence-electron chi connectivity index (χ3n) is 4.02. The molecule has 0 radical (unpaired) electrons. The van der Waals surface area contributed by atoms with Crippen LogP contribution in [0, 0.1) is 20.8 Å². The number of carbonyl (C=O) groups excluding carboxylic acids is 2. The number of aryl methyl sites for hydroxylation is 3. The van der Waals surface area contributed by atoms with Gasteiger partial charge in [0, 0.05) is 5.56 Å². The molecule has 0 fully saturated rings. The summed E-state index contributed by atoms with van der Waals surface area (Å²) in [7, 11) is -2.59. The summed E-state index contributed by atoms with van der Waals surface area (Å²) in [5.41, 5.74) is 3.16. The van der Waals surface area contributed by atoms with Gasteiger partial charge in [0.25, 0.3) is 0 Å². The molecule has 0 bridgehead atoms. The summed E-state index contributed by atoms with van der Waals surface area (Å²) in [5.74, 6) is -1.13. The topological polar surface area (TPSA) is 89.5 Å². The predicted octanol–water partition coefficient (Wildman–Crippen LogP) is 3.21. The van der Waals surface area contributed by atoms with Crippen LogP contribution in [0.15, 0.2) is 35.2 Å². The lowest BCUT2D eigenvalue weighted by atomic mass is 9.97. The second-order valence-corrected chi connectivity index (χ2v) is 8.39. The Morgan fingerprint density at radius 3 is 2.22 bits per heavy atom. The summed E-state index contributed by atoms with van der Waals surface area (Å²) in [5, 5.41) is -0.0251. The smallest absolute Gasteiger partial charge is 0.338 e. The van der Waals surface area contributed by atoms with Crippen molar-refractivity contribution in [2.24, 2.45) is 0 Å². The molecule has 0 aliphatic heterocycles.